The molecule has 1 aliphatic rings. The summed E-state index contributed by atoms with van der Waals surface area (Å²) in [6, 6.07) is 1.04. The van der Waals surface area contributed by atoms with Gasteiger partial charge in [0.05, 0.1) is 11.7 Å². The molecular formula is C17H25N3OS. The zero-order valence-corrected chi connectivity index (χ0v) is 14.5. The molecule has 0 saturated heterocycles. The standard InChI is InChI=1S/C17H25N3OS/c1-4-5-8-20-10-18-16-15(17(20)21)13-7-6-12(19-11(2)3)9-14(13)22-16/h10-12,19H,4-9H2,1-3H3. The summed E-state index contributed by atoms with van der Waals surface area (Å²) in [5, 5.41) is 4.51. The third kappa shape index (κ3) is 2.97. The van der Waals surface area contributed by atoms with Crippen LogP contribution in [0, 0.1) is 0 Å². The Balaban J connectivity index is 1.95. The first-order valence-electron chi connectivity index (χ1n) is 8.35. The number of rotatable bonds is 5. The summed E-state index contributed by atoms with van der Waals surface area (Å²) in [6.45, 7) is 7.30. The Morgan fingerprint density at radius 1 is 1.50 bits per heavy atom. The van der Waals surface area contributed by atoms with Crippen LogP contribution in [0.15, 0.2) is 11.1 Å². The van der Waals surface area contributed by atoms with Crippen molar-refractivity contribution in [3.8, 4) is 0 Å². The predicted molar refractivity (Wildman–Crippen MR) is 92.9 cm³/mol. The number of fused-ring (bicyclic) bond motifs is 3. The predicted octanol–water partition coefficient (Wildman–Crippen LogP) is 3.11. The van der Waals surface area contributed by atoms with Gasteiger partial charge in [-0.1, -0.05) is 27.2 Å². The Morgan fingerprint density at radius 3 is 3.05 bits per heavy atom. The van der Waals surface area contributed by atoms with Crippen LogP contribution < -0.4 is 10.9 Å². The van der Waals surface area contributed by atoms with Gasteiger partial charge in [-0.15, -0.1) is 11.3 Å². The van der Waals surface area contributed by atoms with Gasteiger partial charge >= 0.3 is 0 Å². The van der Waals surface area contributed by atoms with Crippen LogP contribution in [0.5, 0.6) is 0 Å². The van der Waals surface area contributed by atoms with Gasteiger partial charge in [0.1, 0.15) is 4.83 Å². The summed E-state index contributed by atoms with van der Waals surface area (Å²) in [6.07, 6.45) is 6.98. The van der Waals surface area contributed by atoms with Crippen molar-refractivity contribution >= 4 is 21.6 Å². The number of hydrogen-bond donors (Lipinski definition) is 1. The molecule has 1 atom stereocenters. The Labute approximate surface area is 135 Å². The lowest BCUT2D eigenvalue weighted by atomic mass is 9.92. The quantitative estimate of drug-likeness (QED) is 0.921. The molecule has 2 aromatic heterocycles. The molecule has 2 heterocycles. The van der Waals surface area contributed by atoms with E-state index in [0.717, 1.165) is 48.9 Å². The Morgan fingerprint density at radius 2 is 2.32 bits per heavy atom. The molecule has 1 N–H and O–H groups in total. The van der Waals surface area contributed by atoms with Gasteiger partial charge in [-0.05, 0) is 31.2 Å². The first-order valence-corrected chi connectivity index (χ1v) is 9.17. The first-order chi connectivity index (χ1) is 10.6. The van der Waals surface area contributed by atoms with Crippen molar-refractivity contribution in [1.29, 1.82) is 0 Å². The van der Waals surface area contributed by atoms with Crippen molar-refractivity contribution in [3.05, 3.63) is 27.1 Å². The third-order valence-electron chi connectivity index (χ3n) is 4.36. The van der Waals surface area contributed by atoms with Gasteiger partial charge in [0.15, 0.2) is 0 Å². The second-order valence-corrected chi connectivity index (χ2v) is 7.63. The number of aromatic nitrogens is 2. The fraction of sp³-hybridized carbons (Fsp3) is 0.647. The molecule has 120 valence electrons. The maximum absolute atomic E-state index is 12.7. The molecule has 1 aliphatic carbocycles. The smallest absolute Gasteiger partial charge is 0.262 e. The van der Waals surface area contributed by atoms with Crippen LogP contribution in [0.1, 0.15) is 50.5 Å². The van der Waals surface area contributed by atoms with E-state index < -0.39 is 0 Å². The molecule has 0 bridgehead atoms. The lowest BCUT2D eigenvalue weighted by Gasteiger charge is -2.25. The van der Waals surface area contributed by atoms with E-state index in [1.807, 2.05) is 0 Å². The number of thiophene rings is 1. The average molecular weight is 319 g/mol. The first kappa shape index (κ1) is 15.7. The molecule has 0 aliphatic heterocycles. The molecule has 0 aromatic carbocycles. The van der Waals surface area contributed by atoms with Gasteiger partial charge in [0.2, 0.25) is 0 Å². The molecule has 0 saturated carbocycles. The summed E-state index contributed by atoms with van der Waals surface area (Å²) in [4.78, 5) is 19.6. The summed E-state index contributed by atoms with van der Waals surface area (Å²) in [5.74, 6) is 0. The summed E-state index contributed by atoms with van der Waals surface area (Å²) >= 11 is 1.71. The maximum Gasteiger partial charge on any atom is 0.262 e. The minimum absolute atomic E-state index is 0.159. The maximum atomic E-state index is 12.7. The second kappa shape index (κ2) is 6.50. The monoisotopic (exact) mass is 319 g/mol. The van der Waals surface area contributed by atoms with Crippen molar-refractivity contribution in [2.75, 3.05) is 0 Å². The molecule has 0 spiro atoms. The summed E-state index contributed by atoms with van der Waals surface area (Å²) in [7, 11) is 0. The number of unbranched alkanes of at least 4 members (excludes halogenated alkanes) is 1. The zero-order valence-electron chi connectivity index (χ0n) is 13.7. The van der Waals surface area contributed by atoms with Crippen LogP contribution in [0.25, 0.3) is 10.2 Å². The van der Waals surface area contributed by atoms with E-state index in [1.54, 1.807) is 22.2 Å². The molecule has 0 amide bonds. The topological polar surface area (TPSA) is 46.9 Å². The fourth-order valence-corrected chi connectivity index (χ4v) is 4.56. The second-order valence-electron chi connectivity index (χ2n) is 6.54. The normalized spacial score (nSPS) is 18.1. The third-order valence-corrected chi connectivity index (χ3v) is 5.52. The van der Waals surface area contributed by atoms with Gasteiger partial charge in [0.25, 0.3) is 5.56 Å². The molecule has 1 unspecified atom stereocenters. The highest BCUT2D eigenvalue weighted by Crippen LogP contribution is 2.33. The van der Waals surface area contributed by atoms with Crippen molar-refractivity contribution in [2.45, 2.75) is 71.5 Å². The molecule has 5 heteroatoms. The van der Waals surface area contributed by atoms with E-state index >= 15 is 0 Å². The summed E-state index contributed by atoms with van der Waals surface area (Å²) < 4.78 is 1.79. The number of nitrogens with one attached hydrogen (secondary N) is 1. The summed E-state index contributed by atoms with van der Waals surface area (Å²) in [5.41, 5.74) is 1.43. The van der Waals surface area contributed by atoms with E-state index in [0.29, 0.717) is 12.1 Å². The largest absolute Gasteiger partial charge is 0.311 e. The van der Waals surface area contributed by atoms with Crippen LogP contribution >= 0.6 is 11.3 Å². The van der Waals surface area contributed by atoms with Gasteiger partial charge in [-0.3, -0.25) is 9.36 Å². The lowest BCUT2D eigenvalue weighted by molar-refractivity contribution is 0.425. The van der Waals surface area contributed by atoms with Gasteiger partial charge < -0.3 is 5.32 Å². The average Bonchev–Trinajstić information content (AvgIpc) is 2.84. The van der Waals surface area contributed by atoms with Crippen molar-refractivity contribution < 1.29 is 0 Å². The Hall–Kier alpha value is -1.20. The van der Waals surface area contributed by atoms with Crippen LogP contribution in [-0.2, 0) is 19.4 Å². The molecular weight excluding hydrogens is 294 g/mol. The SMILES string of the molecule is CCCCn1cnc2sc3c(c2c1=O)CCC(NC(C)C)C3. The van der Waals surface area contributed by atoms with Crippen LogP contribution in [0.3, 0.4) is 0 Å². The van der Waals surface area contributed by atoms with E-state index in [4.69, 9.17) is 0 Å². The van der Waals surface area contributed by atoms with Crippen molar-refractivity contribution in [3.63, 3.8) is 0 Å². The Kier molecular flexibility index (Phi) is 4.64. The van der Waals surface area contributed by atoms with Crippen molar-refractivity contribution in [1.82, 2.24) is 14.9 Å². The lowest BCUT2D eigenvalue weighted by Crippen LogP contribution is -2.38. The van der Waals surface area contributed by atoms with E-state index in [2.05, 4.69) is 31.1 Å². The van der Waals surface area contributed by atoms with Crippen LogP contribution in [0.2, 0.25) is 0 Å². The minimum atomic E-state index is 0.159. The molecule has 3 rings (SSSR count). The van der Waals surface area contributed by atoms with Gasteiger partial charge in [0, 0.05) is 23.5 Å². The zero-order chi connectivity index (χ0) is 15.7. The van der Waals surface area contributed by atoms with E-state index in [-0.39, 0.29) is 5.56 Å². The highest BCUT2D eigenvalue weighted by Gasteiger charge is 2.25. The molecule has 0 radical (unpaired) electrons. The molecule has 2 aromatic rings. The number of hydrogen-bond acceptors (Lipinski definition) is 4. The highest BCUT2D eigenvalue weighted by molar-refractivity contribution is 7.18. The molecule has 22 heavy (non-hydrogen) atoms. The molecule has 4 nitrogen and oxygen atoms in total. The van der Waals surface area contributed by atoms with Crippen LogP contribution in [-0.4, -0.2) is 21.6 Å². The number of aryl methyl sites for hydroxylation is 2. The van der Waals surface area contributed by atoms with Crippen LogP contribution in [0.4, 0.5) is 0 Å². The van der Waals surface area contributed by atoms with Gasteiger partial charge in [-0.25, -0.2) is 4.98 Å². The minimum Gasteiger partial charge on any atom is -0.311 e. The molecule has 0 fully saturated rings. The Bertz CT molecular complexity index is 716. The number of nitrogens with zero attached hydrogens (tertiary/aromatic N) is 2. The fourth-order valence-electron chi connectivity index (χ4n) is 3.30. The van der Waals surface area contributed by atoms with E-state index in [1.165, 1.54) is 10.4 Å². The highest BCUT2D eigenvalue weighted by atomic mass is 32.1. The van der Waals surface area contributed by atoms with Crippen molar-refractivity contribution in [2.24, 2.45) is 0 Å². The van der Waals surface area contributed by atoms with E-state index in [9.17, 15) is 4.79 Å². The van der Waals surface area contributed by atoms with Gasteiger partial charge in [-0.2, -0.15) is 0 Å².